The minimum atomic E-state index is -0.854. The number of hydrogen-bond acceptors (Lipinski definition) is 4. The summed E-state index contributed by atoms with van der Waals surface area (Å²) >= 11 is 0. The zero-order valence-corrected chi connectivity index (χ0v) is 10.5. The first kappa shape index (κ1) is 13.2. The third-order valence-corrected chi connectivity index (χ3v) is 3.50. The van der Waals surface area contributed by atoms with E-state index in [4.69, 9.17) is 0 Å². The molecule has 1 aliphatic rings. The first-order valence-electron chi connectivity index (χ1n) is 6.32. The van der Waals surface area contributed by atoms with Gasteiger partial charge in [-0.3, -0.25) is 4.79 Å². The van der Waals surface area contributed by atoms with Gasteiger partial charge >= 0.3 is 0 Å². The highest BCUT2D eigenvalue weighted by molar-refractivity contribution is 5.97. The van der Waals surface area contributed by atoms with Crippen molar-refractivity contribution >= 4 is 5.91 Å². The molecule has 0 atom stereocenters. The van der Waals surface area contributed by atoms with Crippen molar-refractivity contribution in [3.8, 4) is 17.6 Å². The second kappa shape index (κ2) is 5.19. The van der Waals surface area contributed by atoms with Gasteiger partial charge in [0.25, 0.3) is 5.91 Å². The molecule has 0 spiro atoms. The van der Waals surface area contributed by atoms with Gasteiger partial charge in [-0.2, -0.15) is 5.26 Å². The Morgan fingerprint density at radius 3 is 2.58 bits per heavy atom. The van der Waals surface area contributed by atoms with Crippen molar-refractivity contribution in [2.24, 2.45) is 0 Å². The van der Waals surface area contributed by atoms with Crippen molar-refractivity contribution in [3.63, 3.8) is 0 Å². The maximum Gasteiger partial charge on any atom is 0.256 e. The number of hydrogen-bond donors (Lipinski definition) is 3. The molecule has 1 amide bonds. The van der Waals surface area contributed by atoms with Gasteiger partial charge in [0.15, 0.2) is 0 Å². The van der Waals surface area contributed by atoms with Crippen LogP contribution in [0.25, 0.3) is 0 Å². The molecule has 1 aromatic rings. The number of phenols is 2. The minimum Gasteiger partial charge on any atom is -0.508 e. The molecule has 0 radical (unpaired) electrons. The van der Waals surface area contributed by atoms with Crippen LogP contribution in [0, 0.1) is 11.3 Å². The maximum atomic E-state index is 12.1. The normalized spacial score (nSPS) is 17.4. The first-order chi connectivity index (χ1) is 9.06. The Morgan fingerprint density at radius 1 is 1.26 bits per heavy atom. The summed E-state index contributed by atoms with van der Waals surface area (Å²) < 4.78 is 0. The van der Waals surface area contributed by atoms with Crippen LogP contribution in [0.5, 0.6) is 11.5 Å². The molecule has 1 aromatic carbocycles. The predicted molar refractivity (Wildman–Crippen MR) is 68.7 cm³/mol. The van der Waals surface area contributed by atoms with Crippen LogP contribution >= 0.6 is 0 Å². The fourth-order valence-corrected chi connectivity index (χ4v) is 2.41. The lowest BCUT2D eigenvalue weighted by atomic mass is 9.82. The van der Waals surface area contributed by atoms with Gasteiger partial charge in [0.05, 0.1) is 11.6 Å². The summed E-state index contributed by atoms with van der Waals surface area (Å²) in [5.41, 5.74) is -0.868. The van der Waals surface area contributed by atoms with Crippen molar-refractivity contribution in [1.29, 1.82) is 5.26 Å². The third kappa shape index (κ3) is 2.79. The number of nitrogens with one attached hydrogen (secondary N) is 1. The van der Waals surface area contributed by atoms with Gasteiger partial charge in [-0.15, -0.1) is 0 Å². The van der Waals surface area contributed by atoms with Gasteiger partial charge in [0, 0.05) is 0 Å². The molecule has 0 saturated heterocycles. The molecule has 0 aliphatic heterocycles. The number of carbonyl (C=O) groups is 1. The fraction of sp³-hybridized carbons (Fsp3) is 0.429. The quantitative estimate of drug-likeness (QED) is 0.709. The zero-order chi connectivity index (χ0) is 13.9. The molecule has 19 heavy (non-hydrogen) atoms. The molecule has 0 unspecified atom stereocenters. The van der Waals surface area contributed by atoms with E-state index in [1.807, 2.05) is 0 Å². The number of rotatable bonds is 2. The standard InChI is InChI=1S/C14H16N2O3/c15-9-14(6-2-1-3-7-14)16-13(19)11-8-10(17)4-5-12(11)18/h4-5,8,17-18H,1-3,6-7H2,(H,16,19). The van der Waals surface area contributed by atoms with E-state index in [0.29, 0.717) is 12.8 Å². The third-order valence-electron chi connectivity index (χ3n) is 3.50. The molecule has 5 nitrogen and oxygen atoms in total. The highest BCUT2D eigenvalue weighted by Crippen LogP contribution is 2.29. The number of carbonyl (C=O) groups excluding carboxylic acids is 1. The van der Waals surface area contributed by atoms with E-state index >= 15 is 0 Å². The lowest BCUT2D eigenvalue weighted by Gasteiger charge is -2.31. The van der Waals surface area contributed by atoms with Gasteiger partial charge in [-0.1, -0.05) is 19.3 Å². The minimum absolute atomic E-state index is 0.0137. The Morgan fingerprint density at radius 2 is 1.95 bits per heavy atom. The van der Waals surface area contributed by atoms with E-state index in [9.17, 15) is 20.3 Å². The predicted octanol–water partition coefficient (Wildman–Crippen LogP) is 2.05. The molecule has 1 fully saturated rings. The Hall–Kier alpha value is -2.22. The van der Waals surface area contributed by atoms with E-state index in [1.54, 1.807) is 0 Å². The molecule has 1 aliphatic carbocycles. The van der Waals surface area contributed by atoms with Crippen molar-refractivity contribution in [2.45, 2.75) is 37.6 Å². The van der Waals surface area contributed by atoms with Crippen LogP contribution in [0.1, 0.15) is 42.5 Å². The summed E-state index contributed by atoms with van der Waals surface area (Å²) in [6.45, 7) is 0. The number of aromatic hydroxyl groups is 2. The fourth-order valence-electron chi connectivity index (χ4n) is 2.41. The molecule has 0 bridgehead atoms. The van der Waals surface area contributed by atoms with Gasteiger partial charge in [0.2, 0.25) is 0 Å². The van der Waals surface area contributed by atoms with Crippen molar-refractivity contribution in [3.05, 3.63) is 23.8 Å². The molecule has 100 valence electrons. The SMILES string of the molecule is N#CC1(NC(=O)c2cc(O)ccc2O)CCCCC1. The Balaban J connectivity index is 2.20. The van der Waals surface area contributed by atoms with Gasteiger partial charge in [-0.05, 0) is 31.0 Å². The van der Waals surface area contributed by atoms with E-state index < -0.39 is 11.4 Å². The van der Waals surface area contributed by atoms with Gasteiger partial charge in [0.1, 0.15) is 17.0 Å². The highest BCUT2D eigenvalue weighted by Gasteiger charge is 2.34. The van der Waals surface area contributed by atoms with Crippen LogP contribution in [0.3, 0.4) is 0 Å². The van der Waals surface area contributed by atoms with E-state index in [1.165, 1.54) is 18.2 Å². The Bertz CT molecular complexity index is 528. The Labute approximate surface area is 111 Å². The molecule has 0 heterocycles. The molecular weight excluding hydrogens is 244 g/mol. The van der Waals surface area contributed by atoms with Gasteiger partial charge in [-0.25, -0.2) is 0 Å². The molecule has 2 rings (SSSR count). The number of phenolic OH excluding ortho intramolecular Hbond substituents is 2. The van der Waals surface area contributed by atoms with E-state index in [-0.39, 0.29) is 17.1 Å². The first-order valence-corrected chi connectivity index (χ1v) is 6.32. The number of nitrogens with zero attached hydrogens (tertiary/aromatic N) is 1. The molecular formula is C14H16N2O3. The molecule has 1 saturated carbocycles. The molecule has 0 aromatic heterocycles. The van der Waals surface area contributed by atoms with E-state index in [0.717, 1.165) is 19.3 Å². The van der Waals surface area contributed by atoms with Crippen molar-refractivity contribution in [1.82, 2.24) is 5.32 Å². The van der Waals surface area contributed by atoms with E-state index in [2.05, 4.69) is 11.4 Å². The summed E-state index contributed by atoms with van der Waals surface area (Å²) in [6, 6.07) is 5.92. The number of amides is 1. The second-order valence-electron chi connectivity index (χ2n) is 4.91. The van der Waals surface area contributed by atoms with Crippen LogP contribution in [-0.2, 0) is 0 Å². The topological polar surface area (TPSA) is 93.4 Å². The Kier molecular flexibility index (Phi) is 3.61. The van der Waals surface area contributed by atoms with Crippen molar-refractivity contribution < 1.29 is 15.0 Å². The van der Waals surface area contributed by atoms with Crippen LogP contribution in [0.15, 0.2) is 18.2 Å². The van der Waals surface area contributed by atoms with Gasteiger partial charge < -0.3 is 15.5 Å². The lowest BCUT2D eigenvalue weighted by molar-refractivity contribution is 0.0899. The average molecular weight is 260 g/mol. The van der Waals surface area contributed by atoms with Crippen LogP contribution in [-0.4, -0.2) is 21.7 Å². The largest absolute Gasteiger partial charge is 0.508 e. The second-order valence-corrected chi connectivity index (χ2v) is 4.91. The van der Waals surface area contributed by atoms with Crippen LogP contribution < -0.4 is 5.32 Å². The highest BCUT2D eigenvalue weighted by atomic mass is 16.3. The van der Waals surface area contributed by atoms with Crippen molar-refractivity contribution in [2.75, 3.05) is 0 Å². The molecule has 5 heteroatoms. The number of benzene rings is 1. The summed E-state index contributed by atoms with van der Waals surface area (Å²) in [5, 5.41) is 31.0. The summed E-state index contributed by atoms with van der Waals surface area (Å²) in [4.78, 5) is 12.1. The van der Waals surface area contributed by atoms with Crippen LogP contribution in [0.2, 0.25) is 0 Å². The molecule has 3 N–H and O–H groups in total. The number of nitriles is 1. The summed E-state index contributed by atoms with van der Waals surface area (Å²) in [7, 11) is 0. The summed E-state index contributed by atoms with van der Waals surface area (Å²) in [6.07, 6.45) is 4.11. The smallest absolute Gasteiger partial charge is 0.256 e. The lowest BCUT2D eigenvalue weighted by Crippen LogP contribution is -2.48. The maximum absolute atomic E-state index is 12.1. The monoisotopic (exact) mass is 260 g/mol. The summed E-state index contributed by atoms with van der Waals surface area (Å²) in [5.74, 6) is -0.839. The van der Waals surface area contributed by atoms with Crippen LogP contribution in [0.4, 0.5) is 0 Å². The zero-order valence-electron chi connectivity index (χ0n) is 10.5. The average Bonchev–Trinajstić information content (AvgIpc) is 2.42.